The third-order valence-corrected chi connectivity index (χ3v) is 3.10. The van der Waals surface area contributed by atoms with E-state index in [1.54, 1.807) is 0 Å². The highest BCUT2D eigenvalue weighted by Gasteiger charge is 2.33. The number of carbonyl (C=O) groups is 1. The van der Waals surface area contributed by atoms with Gasteiger partial charge in [-0.1, -0.05) is 13.3 Å². The van der Waals surface area contributed by atoms with Crippen LogP contribution in [0.25, 0.3) is 0 Å². The van der Waals surface area contributed by atoms with Crippen LogP contribution in [0.2, 0.25) is 0 Å². The number of rotatable bonds is 5. The molecule has 1 amide bonds. The first-order valence-electron chi connectivity index (χ1n) is 6.67. The van der Waals surface area contributed by atoms with Crippen molar-refractivity contribution in [3.05, 3.63) is 28.3 Å². The Labute approximate surface area is 126 Å². The average molecular weight is 305 g/mol. The number of nitrogens with zero attached hydrogens (tertiary/aromatic N) is 5. The summed E-state index contributed by atoms with van der Waals surface area (Å²) in [5, 5.41) is 33.4. The summed E-state index contributed by atoms with van der Waals surface area (Å²) >= 11 is 0. The summed E-state index contributed by atoms with van der Waals surface area (Å²) in [5.74, 6) is -0.570. The first kappa shape index (κ1) is 15.5. The molecule has 0 radical (unpaired) electrons. The van der Waals surface area contributed by atoms with Crippen LogP contribution in [0.4, 0.5) is 11.4 Å². The monoisotopic (exact) mass is 305 g/mol. The van der Waals surface area contributed by atoms with Gasteiger partial charge in [0.1, 0.15) is 11.4 Å². The van der Waals surface area contributed by atoms with E-state index in [9.17, 15) is 20.0 Å². The van der Waals surface area contributed by atoms with Crippen molar-refractivity contribution in [2.24, 2.45) is 15.3 Å². The fourth-order valence-corrected chi connectivity index (χ4v) is 2.00. The van der Waals surface area contributed by atoms with Gasteiger partial charge >= 0.3 is 0 Å². The number of benzene rings is 1. The summed E-state index contributed by atoms with van der Waals surface area (Å²) in [7, 11) is 1.53. The van der Waals surface area contributed by atoms with E-state index in [2.05, 4.69) is 15.3 Å². The summed E-state index contributed by atoms with van der Waals surface area (Å²) in [6.45, 7) is 1.95. The molecule has 1 atom stereocenters. The molecule has 1 aromatic carbocycles. The fourth-order valence-electron chi connectivity index (χ4n) is 2.00. The highest BCUT2D eigenvalue weighted by Crippen LogP contribution is 2.31. The Kier molecular flexibility index (Phi) is 4.44. The number of phenols is 1. The normalized spacial score (nSPS) is 18.1. The van der Waals surface area contributed by atoms with E-state index in [0.29, 0.717) is 12.1 Å². The maximum Gasteiger partial charge on any atom is 0.275 e. The number of non-ortho nitro benzene ring substituents is 1. The van der Waals surface area contributed by atoms with Crippen LogP contribution < -0.4 is 0 Å². The van der Waals surface area contributed by atoms with Crippen LogP contribution in [0.15, 0.2) is 33.5 Å². The predicted molar refractivity (Wildman–Crippen MR) is 78.2 cm³/mol. The summed E-state index contributed by atoms with van der Waals surface area (Å²) in [4.78, 5) is 22.1. The lowest BCUT2D eigenvalue weighted by Crippen LogP contribution is -2.28. The number of nitro benzene ring substituents is 1. The molecule has 0 spiro atoms. The van der Waals surface area contributed by atoms with Gasteiger partial charge in [-0.3, -0.25) is 14.9 Å². The van der Waals surface area contributed by atoms with E-state index in [-0.39, 0.29) is 23.0 Å². The van der Waals surface area contributed by atoms with Gasteiger partial charge in [-0.05, 0) is 12.5 Å². The molecule has 0 fully saturated rings. The molecule has 9 nitrogen and oxygen atoms in total. The van der Waals surface area contributed by atoms with Gasteiger partial charge in [0, 0.05) is 19.2 Å². The van der Waals surface area contributed by atoms with Gasteiger partial charge in [-0.2, -0.15) is 15.3 Å². The molecule has 22 heavy (non-hydrogen) atoms. The minimum Gasteiger partial charge on any atom is -0.506 e. The standard InChI is InChI=1S/C13H15N5O4/c1-3-4-9-12(13(20)17(2)16-9)15-14-10-7-8(18(21)22)5-6-11(10)19/h5-7,12,19H,3-4H2,1-2H3/b15-14+. The zero-order valence-corrected chi connectivity index (χ0v) is 12.1. The van der Waals surface area contributed by atoms with E-state index >= 15 is 0 Å². The third-order valence-electron chi connectivity index (χ3n) is 3.10. The van der Waals surface area contributed by atoms with E-state index in [1.807, 2.05) is 6.92 Å². The Morgan fingerprint density at radius 2 is 2.23 bits per heavy atom. The maximum atomic E-state index is 12.0. The van der Waals surface area contributed by atoms with Crippen LogP contribution in [0.3, 0.4) is 0 Å². The van der Waals surface area contributed by atoms with Crippen LogP contribution >= 0.6 is 0 Å². The van der Waals surface area contributed by atoms with Gasteiger partial charge in [0.25, 0.3) is 11.6 Å². The number of hydrogen-bond acceptors (Lipinski definition) is 7. The zero-order valence-electron chi connectivity index (χ0n) is 12.1. The number of nitro groups is 1. The van der Waals surface area contributed by atoms with E-state index in [4.69, 9.17) is 0 Å². The van der Waals surface area contributed by atoms with Crippen molar-refractivity contribution >= 4 is 23.0 Å². The first-order valence-corrected chi connectivity index (χ1v) is 6.67. The molecule has 1 aliphatic rings. The van der Waals surface area contributed by atoms with E-state index in [0.717, 1.165) is 24.6 Å². The lowest BCUT2D eigenvalue weighted by atomic mass is 10.1. The van der Waals surface area contributed by atoms with Crippen molar-refractivity contribution in [1.29, 1.82) is 0 Å². The van der Waals surface area contributed by atoms with Gasteiger partial charge in [0.05, 0.1) is 10.6 Å². The highest BCUT2D eigenvalue weighted by atomic mass is 16.6. The molecule has 0 saturated carbocycles. The average Bonchev–Trinajstić information content (AvgIpc) is 2.73. The van der Waals surface area contributed by atoms with Crippen LogP contribution in [0, 0.1) is 10.1 Å². The summed E-state index contributed by atoms with van der Waals surface area (Å²) in [5.41, 5.74) is 0.306. The number of aromatic hydroxyl groups is 1. The zero-order chi connectivity index (χ0) is 16.3. The Morgan fingerprint density at radius 3 is 2.86 bits per heavy atom. The van der Waals surface area contributed by atoms with Crippen molar-refractivity contribution in [2.45, 2.75) is 25.8 Å². The second-order valence-corrected chi connectivity index (χ2v) is 4.75. The molecule has 1 N–H and O–H groups in total. The van der Waals surface area contributed by atoms with Crippen molar-refractivity contribution in [3.63, 3.8) is 0 Å². The molecule has 1 aromatic rings. The lowest BCUT2D eigenvalue weighted by Gasteiger charge is -2.05. The molecular formula is C13H15N5O4. The lowest BCUT2D eigenvalue weighted by molar-refractivity contribution is -0.384. The number of azo groups is 1. The van der Waals surface area contributed by atoms with Gasteiger partial charge in [0.2, 0.25) is 0 Å². The molecule has 0 aromatic heterocycles. The topological polar surface area (TPSA) is 121 Å². The largest absolute Gasteiger partial charge is 0.506 e. The second-order valence-electron chi connectivity index (χ2n) is 4.75. The molecule has 0 saturated heterocycles. The van der Waals surface area contributed by atoms with E-state index in [1.165, 1.54) is 12.1 Å². The Morgan fingerprint density at radius 1 is 1.50 bits per heavy atom. The van der Waals surface area contributed by atoms with Crippen molar-refractivity contribution in [1.82, 2.24) is 5.01 Å². The molecule has 9 heteroatoms. The highest BCUT2D eigenvalue weighted by molar-refractivity contribution is 6.11. The van der Waals surface area contributed by atoms with Crippen molar-refractivity contribution in [3.8, 4) is 5.75 Å². The predicted octanol–water partition coefficient (Wildman–Crippen LogP) is 2.38. The molecule has 116 valence electrons. The number of amides is 1. The number of phenolic OH excluding ortho intramolecular Hbond substituents is 1. The number of hydrogen-bond donors (Lipinski definition) is 1. The molecule has 2 rings (SSSR count). The number of hydrazone groups is 1. The number of likely N-dealkylation sites (N-methyl/N-ethyl adjacent to an activating group) is 1. The van der Waals surface area contributed by atoms with Crippen LogP contribution in [-0.2, 0) is 4.79 Å². The first-order chi connectivity index (χ1) is 10.4. The Hall–Kier alpha value is -2.84. The van der Waals surface area contributed by atoms with Gasteiger partial charge < -0.3 is 5.11 Å². The second kappa shape index (κ2) is 6.29. The molecule has 1 unspecified atom stereocenters. The van der Waals surface area contributed by atoms with Crippen molar-refractivity contribution < 1.29 is 14.8 Å². The fraction of sp³-hybridized carbons (Fsp3) is 0.385. The Bertz CT molecular complexity index is 670. The minimum absolute atomic E-state index is 0.0626. The summed E-state index contributed by atoms with van der Waals surface area (Å²) in [6, 6.07) is 2.57. The summed E-state index contributed by atoms with van der Waals surface area (Å²) < 4.78 is 0. The summed E-state index contributed by atoms with van der Waals surface area (Å²) in [6.07, 6.45) is 1.40. The van der Waals surface area contributed by atoms with E-state index < -0.39 is 11.0 Å². The van der Waals surface area contributed by atoms with Gasteiger partial charge in [0.15, 0.2) is 6.04 Å². The molecule has 1 heterocycles. The van der Waals surface area contributed by atoms with Crippen LogP contribution in [-0.4, -0.2) is 39.7 Å². The molecular weight excluding hydrogens is 290 g/mol. The number of carbonyl (C=O) groups excluding carboxylic acids is 1. The SMILES string of the molecule is CCCC1=NN(C)C(=O)C1/N=N/c1cc([N+](=O)[O-])ccc1O. The molecule has 1 aliphatic heterocycles. The van der Waals surface area contributed by atoms with Crippen LogP contribution in [0.1, 0.15) is 19.8 Å². The smallest absolute Gasteiger partial charge is 0.275 e. The third kappa shape index (κ3) is 3.08. The molecule has 0 bridgehead atoms. The quantitative estimate of drug-likeness (QED) is 0.510. The van der Waals surface area contributed by atoms with Crippen molar-refractivity contribution in [2.75, 3.05) is 7.05 Å². The van der Waals surface area contributed by atoms with Crippen LogP contribution in [0.5, 0.6) is 5.75 Å². The maximum absolute atomic E-state index is 12.0. The Balaban J connectivity index is 2.28. The van der Waals surface area contributed by atoms with Gasteiger partial charge in [-0.15, -0.1) is 0 Å². The van der Waals surface area contributed by atoms with Gasteiger partial charge in [-0.25, -0.2) is 5.01 Å². The molecule has 0 aliphatic carbocycles. The minimum atomic E-state index is -0.844.